The molecule has 2 unspecified atom stereocenters. The summed E-state index contributed by atoms with van der Waals surface area (Å²) in [5, 5.41) is 0. The van der Waals surface area contributed by atoms with E-state index in [1.807, 2.05) is 18.2 Å². The summed E-state index contributed by atoms with van der Waals surface area (Å²) in [6, 6.07) is 6.04. The van der Waals surface area contributed by atoms with E-state index in [1.165, 1.54) is 0 Å². The predicted molar refractivity (Wildman–Crippen MR) is 68.2 cm³/mol. The molecule has 1 aromatic carbocycles. The van der Waals surface area contributed by atoms with E-state index in [1.54, 1.807) is 7.11 Å². The van der Waals surface area contributed by atoms with Crippen molar-refractivity contribution in [3.63, 3.8) is 0 Å². The van der Waals surface area contributed by atoms with Gasteiger partial charge in [-0.15, -0.1) is 11.6 Å². The summed E-state index contributed by atoms with van der Waals surface area (Å²) >= 11 is 9.42. The van der Waals surface area contributed by atoms with E-state index in [0.717, 1.165) is 28.8 Å². The Morgan fingerprint density at radius 2 is 2.38 bits per heavy atom. The molecule has 0 spiro atoms. The third kappa shape index (κ3) is 2.36. The highest BCUT2D eigenvalue weighted by Gasteiger charge is 2.29. The number of ether oxygens (including phenoxy) is 2. The quantitative estimate of drug-likeness (QED) is 0.791. The Morgan fingerprint density at radius 1 is 1.56 bits per heavy atom. The van der Waals surface area contributed by atoms with E-state index in [2.05, 4.69) is 15.9 Å². The Balaban J connectivity index is 2.23. The minimum Gasteiger partial charge on any atom is -0.496 e. The van der Waals surface area contributed by atoms with Crippen molar-refractivity contribution in [1.82, 2.24) is 0 Å². The Morgan fingerprint density at radius 3 is 3.00 bits per heavy atom. The molecule has 1 fully saturated rings. The van der Waals surface area contributed by atoms with Crippen LogP contribution in [-0.4, -0.2) is 19.6 Å². The van der Waals surface area contributed by atoms with Gasteiger partial charge < -0.3 is 9.47 Å². The molecule has 0 saturated carbocycles. The fraction of sp³-hybridized carbons (Fsp3) is 0.500. The van der Waals surface area contributed by atoms with Gasteiger partial charge in [0.25, 0.3) is 0 Å². The second kappa shape index (κ2) is 5.39. The lowest BCUT2D eigenvalue weighted by Gasteiger charge is -2.17. The zero-order chi connectivity index (χ0) is 11.5. The van der Waals surface area contributed by atoms with Gasteiger partial charge in [0.05, 0.1) is 17.7 Å². The van der Waals surface area contributed by atoms with Crippen LogP contribution in [0.3, 0.4) is 0 Å². The summed E-state index contributed by atoms with van der Waals surface area (Å²) in [6.07, 6.45) is 1.16. The Labute approximate surface area is 109 Å². The lowest BCUT2D eigenvalue weighted by Crippen LogP contribution is -2.08. The number of benzene rings is 1. The van der Waals surface area contributed by atoms with Gasteiger partial charge in [-0.3, -0.25) is 0 Å². The molecule has 2 atom stereocenters. The van der Waals surface area contributed by atoms with Crippen LogP contribution < -0.4 is 4.74 Å². The maximum atomic E-state index is 5.93. The van der Waals surface area contributed by atoms with Crippen molar-refractivity contribution in [2.45, 2.75) is 12.5 Å². The Hall–Kier alpha value is -0.250. The molecule has 1 aliphatic heterocycles. The maximum Gasteiger partial charge on any atom is 0.133 e. The molecule has 0 amide bonds. The largest absolute Gasteiger partial charge is 0.496 e. The van der Waals surface area contributed by atoms with Crippen LogP contribution in [0.25, 0.3) is 0 Å². The van der Waals surface area contributed by atoms with E-state index in [9.17, 15) is 0 Å². The monoisotopic (exact) mass is 304 g/mol. The Kier molecular flexibility index (Phi) is 4.11. The molecule has 0 N–H and O–H groups in total. The fourth-order valence-electron chi connectivity index (χ4n) is 2.02. The van der Waals surface area contributed by atoms with E-state index in [4.69, 9.17) is 21.1 Å². The van der Waals surface area contributed by atoms with E-state index in [0.29, 0.717) is 11.8 Å². The number of rotatable bonds is 3. The highest BCUT2D eigenvalue weighted by molar-refractivity contribution is 9.10. The van der Waals surface area contributed by atoms with Gasteiger partial charge in [0.2, 0.25) is 0 Å². The third-order valence-electron chi connectivity index (χ3n) is 2.92. The van der Waals surface area contributed by atoms with Gasteiger partial charge in [-0.1, -0.05) is 6.07 Å². The first kappa shape index (κ1) is 12.2. The number of hydrogen-bond acceptors (Lipinski definition) is 2. The molecule has 88 valence electrons. The summed E-state index contributed by atoms with van der Waals surface area (Å²) in [5.74, 6) is 1.90. The molecule has 1 aromatic rings. The number of hydrogen-bond donors (Lipinski definition) is 0. The van der Waals surface area contributed by atoms with Gasteiger partial charge in [0, 0.05) is 18.4 Å². The molecule has 16 heavy (non-hydrogen) atoms. The van der Waals surface area contributed by atoms with Crippen molar-refractivity contribution in [1.29, 1.82) is 0 Å². The van der Waals surface area contributed by atoms with E-state index in [-0.39, 0.29) is 6.10 Å². The summed E-state index contributed by atoms with van der Waals surface area (Å²) in [4.78, 5) is 0. The van der Waals surface area contributed by atoms with E-state index < -0.39 is 0 Å². The average molecular weight is 306 g/mol. The summed E-state index contributed by atoms with van der Waals surface area (Å²) in [7, 11) is 1.66. The predicted octanol–water partition coefficient (Wildman–Crippen LogP) is 3.77. The first-order valence-electron chi connectivity index (χ1n) is 5.27. The fourth-order valence-corrected chi connectivity index (χ4v) is 2.89. The molecule has 0 radical (unpaired) electrons. The van der Waals surface area contributed by atoms with Gasteiger partial charge in [0.15, 0.2) is 0 Å². The number of halogens is 2. The minimum absolute atomic E-state index is 0.125. The average Bonchev–Trinajstić information content (AvgIpc) is 2.77. The molecule has 1 saturated heterocycles. The van der Waals surface area contributed by atoms with Crippen LogP contribution in [0.5, 0.6) is 5.75 Å². The summed E-state index contributed by atoms with van der Waals surface area (Å²) in [6.45, 7) is 0.797. The van der Waals surface area contributed by atoms with Gasteiger partial charge in [-0.05, 0) is 40.0 Å². The van der Waals surface area contributed by atoms with Gasteiger partial charge in [-0.25, -0.2) is 0 Å². The van der Waals surface area contributed by atoms with Crippen molar-refractivity contribution in [3.05, 3.63) is 28.2 Å². The molecule has 0 aromatic heterocycles. The van der Waals surface area contributed by atoms with Crippen LogP contribution in [0.2, 0.25) is 0 Å². The van der Waals surface area contributed by atoms with Crippen molar-refractivity contribution in [2.24, 2.45) is 5.92 Å². The highest BCUT2D eigenvalue weighted by Crippen LogP contribution is 2.37. The molecule has 0 aliphatic carbocycles. The molecule has 2 rings (SSSR count). The first-order valence-corrected chi connectivity index (χ1v) is 6.60. The van der Waals surface area contributed by atoms with Gasteiger partial charge in [-0.2, -0.15) is 0 Å². The summed E-state index contributed by atoms with van der Waals surface area (Å²) in [5.41, 5.74) is 1.16. The van der Waals surface area contributed by atoms with Crippen LogP contribution in [0.1, 0.15) is 18.1 Å². The van der Waals surface area contributed by atoms with Crippen LogP contribution in [0, 0.1) is 5.92 Å². The summed E-state index contributed by atoms with van der Waals surface area (Å²) < 4.78 is 11.9. The lowest BCUT2D eigenvalue weighted by atomic mass is 9.97. The molecule has 1 heterocycles. The molecule has 1 aliphatic rings. The Bertz CT molecular complexity index is 370. The molecule has 4 heteroatoms. The smallest absolute Gasteiger partial charge is 0.133 e. The van der Waals surface area contributed by atoms with Gasteiger partial charge in [0.1, 0.15) is 5.75 Å². The zero-order valence-corrected chi connectivity index (χ0v) is 11.4. The van der Waals surface area contributed by atoms with Crippen LogP contribution in [-0.2, 0) is 4.74 Å². The van der Waals surface area contributed by atoms with E-state index >= 15 is 0 Å². The molecular weight excluding hydrogens is 291 g/mol. The first-order chi connectivity index (χ1) is 7.76. The third-order valence-corrected chi connectivity index (χ3v) is 3.93. The van der Waals surface area contributed by atoms with Crippen molar-refractivity contribution in [2.75, 3.05) is 19.6 Å². The van der Waals surface area contributed by atoms with Crippen molar-refractivity contribution >= 4 is 27.5 Å². The second-order valence-electron chi connectivity index (χ2n) is 3.89. The van der Waals surface area contributed by atoms with Crippen molar-refractivity contribution < 1.29 is 9.47 Å². The molecule has 0 bridgehead atoms. The zero-order valence-electron chi connectivity index (χ0n) is 9.08. The molecule has 2 nitrogen and oxygen atoms in total. The maximum absolute atomic E-state index is 5.93. The standard InChI is InChI=1S/C12H14BrClO2/c1-15-11-3-2-8(6-10(11)13)12-9(7-14)4-5-16-12/h2-3,6,9,12H,4-5,7H2,1H3. The van der Waals surface area contributed by atoms with Crippen LogP contribution in [0.15, 0.2) is 22.7 Å². The highest BCUT2D eigenvalue weighted by atomic mass is 79.9. The molecular formula is C12H14BrClO2. The topological polar surface area (TPSA) is 18.5 Å². The normalized spacial score (nSPS) is 24.7. The SMILES string of the molecule is COc1ccc(C2OCCC2CCl)cc1Br. The number of methoxy groups -OCH3 is 1. The number of alkyl halides is 1. The lowest BCUT2D eigenvalue weighted by molar-refractivity contribution is 0.0951. The second-order valence-corrected chi connectivity index (χ2v) is 5.05. The van der Waals surface area contributed by atoms with Gasteiger partial charge >= 0.3 is 0 Å². The van der Waals surface area contributed by atoms with Crippen LogP contribution >= 0.6 is 27.5 Å². The minimum atomic E-state index is 0.125. The van der Waals surface area contributed by atoms with Crippen molar-refractivity contribution in [3.8, 4) is 5.75 Å². The van der Waals surface area contributed by atoms with Crippen LogP contribution in [0.4, 0.5) is 0 Å².